The highest BCUT2D eigenvalue weighted by atomic mass is 32.1. The van der Waals surface area contributed by atoms with Gasteiger partial charge in [0.2, 0.25) is 0 Å². The number of carbonyl (C=O) groups is 2. The number of benzene rings is 1. The van der Waals surface area contributed by atoms with E-state index in [1.165, 1.54) is 11.3 Å². The van der Waals surface area contributed by atoms with E-state index in [4.69, 9.17) is 9.57 Å². The van der Waals surface area contributed by atoms with Gasteiger partial charge in [-0.2, -0.15) is 0 Å². The number of hydrogen-bond acceptors (Lipinski definition) is 5. The third-order valence-corrected chi connectivity index (χ3v) is 4.70. The number of carbonyl (C=O) groups excluding carboxylic acids is 2. The summed E-state index contributed by atoms with van der Waals surface area (Å²) >= 11 is 1.40. The standard InChI is InChI=1S/C18H20N2O4S/c21-17(20-24-16-5-1-2-10-23-16)14-8-6-13(7-9-14)12-19-18(22)15-4-3-11-25-15/h3-4,6-9,11,16H,1-2,5,10,12H2,(H,19,22)(H,20,21)/t16-/m1/s1. The Morgan fingerprint density at radius 2 is 2.00 bits per heavy atom. The Balaban J connectivity index is 1.46. The molecule has 1 aliphatic heterocycles. The summed E-state index contributed by atoms with van der Waals surface area (Å²) in [5, 5.41) is 4.71. The van der Waals surface area contributed by atoms with E-state index in [2.05, 4.69) is 10.8 Å². The first-order chi connectivity index (χ1) is 12.2. The van der Waals surface area contributed by atoms with Gasteiger partial charge < -0.3 is 10.1 Å². The average Bonchev–Trinajstić information content (AvgIpc) is 3.20. The molecule has 1 aliphatic rings. The van der Waals surface area contributed by atoms with Crippen LogP contribution in [0, 0.1) is 0 Å². The average molecular weight is 360 g/mol. The molecule has 0 aliphatic carbocycles. The lowest BCUT2D eigenvalue weighted by Crippen LogP contribution is -2.33. The lowest BCUT2D eigenvalue weighted by molar-refractivity contribution is -0.186. The number of hydrogen-bond donors (Lipinski definition) is 2. The normalized spacial score (nSPS) is 17.0. The number of hydroxylamine groups is 1. The molecule has 1 aromatic heterocycles. The molecule has 2 heterocycles. The molecule has 25 heavy (non-hydrogen) atoms. The lowest BCUT2D eigenvalue weighted by Gasteiger charge is -2.22. The van der Waals surface area contributed by atoms with Crippen molar-refractivity contribution in [3.05, 3.63) is 57.8 Å². The maximum atomic E-state index is 12.1. The molecule has 1 fully saturated rings. The van der Waals surface area contributed by atoms with Crippen molar-refractivity contribution in [3.8, 4) is 0 Å². The summed E-state index contributed by atoms with van der Waals surface area (Å²) in [6.07, 6.45) is 2.47. The summed E-state index contributed by atoms with van der Waals surface area (Å²) in [4.78, 5) is 29.9. The molecule has 1 atom stereocenters. The quantitative estimate of drug-likeness (QED) is 0.777. The Morgan fingerprint density at radius 1 is 1.16 bits per heavy atom. The summed E-state index contributed by atoms with van der Waals surface area (Å²) < 4.78 is 5.39. The van der Waals surface area contributed by atoms with Crippen molar-refractivity contribution in [2.45, 2.75) is 32.1 Å². The fourth-order valence-corrected chi connectivity index (χ4v) is 3.07. The van der Waals surface area contributed by atoms with Gasteiger partial charge in [-0.25, -0.2) is 10.3 Å². The van der Waals surface area contributed by atoms with E-state index >= 15 is 0 Å². The molecule has 0 radical (unpaired) electrons. The van der Waals surface area contributed by atoms with Gasteiger partial charge in [0.25, 0.3) is 11.8 Å². The van der Waals surface area contributed by atoms with Crippen LogP contribution in [0.4, 0.5) is 0 Å². The minimum absolute atomic E-state index is 0.0994. The van der Waals surface area contributed by atoms with Gasteiger partial charge in [0, 0.05) is 25.1 Å². The summed E-state index contributed by atoms with van der Waals surface area (Å²) in [5.74, 6) is -0.416. The zero-order chi connectivity index (χ0) is 17.5. The highest BCUT2D eigenvalue weighted by Crippen LogP contribution is 2.13. The van der Waals surface area contributed by atoms with Crippen LogP contribution in [0.2, 0.25) is 0 Å². The fraction of sp³-hybridized carbons (Fsp3) is 0.333. The molecular weight excluding hydrogens is 340 g/mol. The SMILES string of the molecule is O=C(NO[C@@H]1CCCCO1)c1ccc(CNC(=O)c2cccs2)cc1. The van der Waals surface area contributed by atoms with Crippen LogP contribution >= 0.6 is 11.3 Å². The van der Waals surface area contributed by atoms with Crippen molar-refractivity contribution >= 4 is 23.2 Å². The van der Waals surface area contributed by atoms with Gasteiger partial charge >= 0.3 is 0 Å². The third kappa shape index (κ3) is 5.12. The van der Waals surface area contributed by atoms with Gasteiger partial charge in [-0.05, 0) is 42.0 Å². The van der Waals surface area contributed by atoms with E-state index in [0.29, 0.717) is 23.6 Å². The summed E-state index contributed by atoms with van der Waals surface area (Å²) in [5.41, 5.74) is 3.83. The molecule has 3 rings (SSSR count). The molecule has 2 aromatic rings. The first-order valence-electron chi connectivity index (χ1n) is 8.20. The van der Waals surface area contributed by atoms with Gasteiger partial charge in [-0.15, -0.1) is 11.3 Å². The van der Waals surface area contributed by atoms with Crippen LogP contribution in [-0.2, 0) is 16.1 Å². The number of nitrogens with one attached hydrogen (secondary N) is 2. The topological polar surface area (TPSA) is 76.7 Å². The second kappa shape index (κ2) is 8.75. The van der Waals surface area contributed by atoms with E-state index < -0.39 is 0 Å². The van der Waals surface area contributed by atoms with Crippen molar-refractivity contribution < 1.29 is 19.2 Å². The van der Waals surface area contributed by atoms with Gasteiger partial charge in [0.15, 0.2) is 6.29 Å². The third-order valence-electron chi connectivity index (χ3n) is 3.84. The molecule has 1 saturated heterocycles. The molecule has 7 heteroatoms. The monoisotopic (exact) mass is 360 g/mol. The van der Waals surface area contributed by atoms with Crippen LogP contribution in [-0.4, -0.2) is 24.7 Å². The summed E-state index contributed by atoms with van der Waals surface area (Å²) in [6.45, 7) is 1.07. The van der Waals surface area contributed by atoms with Crippen LogP contribution < -0.4 is 10.8 Å². The predicted octanol–water partition coefficient (Wildman–Crippen LogP) is 2.87. The first kappa shape index (κ1) is 17.6. The van der Waals surface area contributed by atoms with Crippen molar-refractivity contribution in [3.63, 3.8) is 0 Å². The van der Waals surface area contributed by atoms with Crippen LogP contribution in [0.5, 0.6) is 0 Å². The molecule has 132 valence electrons. The lowest BCUT2D eigenvalue weighted by atomic mass is 10.1. The van der Waals surface area contributed by atoms with Crippen molar-refractivity contribution in [2.75, 3.05) is 6.61 Å². The second-order valence-electron chi connectivity index (χ2n) is 5.70. The Bertz CT molecular complexity index is 694. The maximum absolute atomic E-state index is 12.1. The minimum atomic E-state index is -0.371. The van der Waals surface area contributed by atoms with Crippen LogP contribution in [0.25, 0.3) is 0 Å². The molecule has 2 amide bonds. The largest absolute Gasteiger partial charge is 0.350 e. The predicted molar refractivity (Wildman–Crippen MR) is 94.1 cm³/mol. The Hall–Kier alpha value is -2.22. The number of amides is 2. The van der Waals surface area contributed by atoms with Gasteiger partial charge in [-0.3, -0.25) is 9.59 Å². The molecule has 0 bridgehead atoms. The molecule has 0 unspecified atom stereocenters. The Morgan fingerprint density at radius 3 is 2.68 bits per heavy atom. The molecule has 0 saturated carbocycles. The van der Waals surface area contributed by atoms with Crippen molar-refractivity contribution in [1.29, 1.82) is 0 Å². The minimum Gasteiger partial charge on any atom is -0.350 e. The number of rotatable bonds is 6. The highest BCUT2D eigenvalue weighted by Gasteiger charge is 2.16. The molecule has 6 nitrogen and oxygen atoms in total. The fourth-order valence-electron chi connectivity index (χ4n) is 2.43. The molecule has 0 spiro atoms. The molecule has 1 aromatic carbocycles. The van der Waals surface area contributed by atoms with E-state index in [1.807, 2.05) is 11.4 Å². The molecule has 2 N–H and O–H groups in total. The zero-order valence-electron chi connectivity index (χ0n) is 13.7. The summed E-state index contributed by atoms with van der Waals surface area (Å²) in [7, 11) is 0. The van der Waals surface area contributed by atoms with Crippen LogP contribution in [0.1, 0.15) is 44.9 Å². The zero-order valence-corrected chi connectivity index (χ0v) is 14.5. The molecular formula is C18H20N2O4S. The van der Waals surface area contributed by atoms with E-state index in [9.17, 15) is 9.59 Å². The van der Waals surface area contributed by atoms with Gasteiger partial charge in [-0.1, -0.05) is 18.2 Å². The van der Waals surface area contributed by atoms with Crippen molar-refractivity contribution in [1.82, 2.24) is 10.8 Å². The second-order valence-corrected chi connectivity index (χ2v) is 6.65. The maximum Gasteiger partial charge on any atom is 0.274 e. The Labute approximate surface area is 150 Å². The number of thiophene rings is 1. The van der Waals surface area contributed by atoms with Crippen LogP contribution in [0.3, 0.4) is 0 Å². The highest BCUT2D eigenvalue weighted by molar-refractivity contribution is 7.12. The Kier molecular flexibility index (Phi) is 6.16. The van der Waals surface area contributed by atoms with Crippen molar-refractivity contribution in [2.24, 2.45) is 0 Å². The van der Waals surface area contributed by atoms with E-state index in [0.717, 1.165) is 24.8 Å². The van der Waals surface area contributed by atoms with Gasteiger partial charge in [0.05, 0.1) is 4.88 Å². The summed E-state index contributed by atoms with van der Waals surface area (Å²) in [6, 6.07) is 10.6. The van der Waals surface area contributed by atoms with Gasteiger partial charge in [0.1, 0.15) is 0 Å². The van der Waals surface area contributed by atoms with E-state index in [-0.39, 0.29) is 18.1 Å². The first-order valence-corrected chi connectivity index (χ1v) is 9.08. The van der Waals surface area contributed by atoms with Crippen LogP contribution in [0.15, 0.2) is 41.8 Å². The number of ether oxygens (including phenoxy) is 1. The smallest absolute Gasteiger partial charge is 0.274 e. The van der Waals surface area contributed by atoms with E-state index in [1.54, 1.807) is 30.3 Å².